The third kappa shape index (κ3) is 6.39. The summed E-state index contributed by atoms with van der Waals surface area (Å²) in [5.74, 6) is 2.49. The first-order valence-electron chi connectivity index (χ1n) is 16.0. The summed E-state index contributed by atoms with van der Waals surface area (Å²) in [6.45, 7) is 1.46. The molecule has 1 atom stereocenters. The van der Waals surface area contributed by atoms with E-state index < -0.39 is 0 Å². The Labute approximate surface area is 284 Å². The van der Waals surface area contributed by atoms with Crippen molar-refractivity contribution >= 4 is 33.6 Å². The number of anilines is 3. The van der Waals surface area contributed by atoms with Gasteiger partial charge in [0.2, 0.25) is 5.95 Å². The van der Waals surface area contributed by atoms with Crippen LogP contribution in [0.3, 0.4) is 0 Å². The minimum atomic E-state index is 0.360. The van der Waals surface area contributed by atoms with Crippen molar-refractivity contribution in [2.75, 3.05) is 45.1 Å². The van der Waals surface area contributed by atoms with Crippen LogP contribution in [-0.2, 0) is 6.61 Å². The van der Waals surface area contributed by atoms with Gasteiger partial charge in [-0.15, -0.1) is 11.3 Å². The molecule has 7 rings (SSSR count). The average Bonchev–Trinajstić information content (AvgIpc) is 3.73. The molecule has 1 aliphatic rings. The van der Waals surface area contributed by atoms with E-state index in [0.29, 0.717) is 30.2 Å². The number of piperidine rings is 1. The molecule has 1 saturated heterocycles. The molecule has 3 aromatic heterocycles. The van der Waals surface area contributed by atoms with Gasteiger partial charge in [-0.3, -0.25) is 9.30 Å². The lowest BCUT2D eigenvalue weighted by atomic mass is 10.1. The molecule has 0 spiro atoms. The third-order valence-corrected chi connectivity index (χ3v) is 9.42. The molecule has 1 N–H and O–H groups in total. The highest BCUT2D eigenvalue weighted by Crippen LogP contribution is 2.39. The molecule has 4 heterocycles. The molecule has 3 aromatic carbocycles. The van der Waals surface area contributed by atoms with Gasteiger partial charge in [-0.1, -0.05) is 30.3 Å². The van der Waals surface area contributed by atoms with Crippen molar-refractivity contribution in [2.24, 2.45) is 0 Å². The maximum absolute atomic E-state index is 6.12. The van der Waals surface area contributed by atoms with Crippen LogP contribution in [0.15, 0.2) is 90.6 Å². The Morgan fingerprint density at radius 1 is 0.917 bits per heavy atom. The summed E-state index contributed by atoms with van der Waals surface area (Å²) in [5, 5.41) is 5.43. The van der Waals surface area contributed by atoms with Gasteiger partial charge in [-0.05, 0) is 75.3 Å². The van der Waals surface area contributed by atoms with Crippen molar-refractivity contribution in [1.82, 2.24) is 24.3 Å². The molecule has 6 aromatic rings. The Hall–Kier alpha value is -5.13. The van der Waals surface area contributed by atoms with E-state index in [1.165, 1.54) is 12.8 Å². The monoisotopic (exact) mass is 661 g/mol. The number of aromatic nitrogens is 4. The van der Waals surface area contributed by atoms with Crippen LogP contribution in [0.25, 0.3) is 27.6 Å². The highest BCUT2D eigenvalue weighted by atomic mass is 32.1. The summed E-state index contributed by atoms with van der Waals surface area (Å²) < 4.78 is 19.8. The summed E-state index contributed by atoms with van der Waals surface area (Å²) in [6.07, 6.45) is 7.70. The number of nitrogens with one attached hydrogen (secondary N) is 1. The fraction of sp³-hybridized carbons (Fsp3) is 0.270. The minimum Gasteiger partial charge on any atom is -0.494 e. The number of rotatable bonds is 11. The summed E-state index contributed by atoms with van der Waals surface area (Å²) in [7, 11) is 7.63. The molecule has 10 nitrogen and oxygen atoms in total. The number of ether oxygens (including phenoxy) is 3. The maximum Gasteiger partial charge on any atom is 0.227 e. The van der Waals surface area contributed by atoms with Crippen LogP contribution < -0.4 is 24.4 Å². The van der Waals surface area contributed by atoms with Crippen LogP contribution >= 0.6 is 11.3 Å². The zero-order chi connectivity index (χ0) is 33.0. The van der Waals surface area contributed by atoms with Gasteiger partial charge in [0.15, 0.2) is 16.5 Å². The van der Waals surface area contributed by atoms with E-state index >= 15 is 0 Å². The Morgan fingerprint density at radius 3 is 2.58 bits per heavy atom. The first-order chi connectivity index (χ1) is 23.5. The summed E-state index contributed by atoms with van der Waals surface area (Å²) >= 11 is 1.57. The van der Waals surface area contributed by atoms with Crippen molar-refractivity contribution in [3.8, 4) is 39.9 Å². The Balaban J connectivity index is 1.18. The number of thiazole rings is 1. The fourth-order valence-corrected chi connectivity index (χ4v) is 7.00. The fourth-order valence-electron chi connectivity index (χ4n) is 6.29. The van der Waals surface area contributed by atoms with Crippen LogP contribution in [-0.4, -0.2) is 65.3 Å². The molecule has 0 bridgehead atoms. The molecule has 11 heteroatoms. The molecule has 0 saturated carbocycles. The number of hydrogen-bond donors (Lipinski definition) is 1. The molecule has 1 aliphatic heterocycles. The van der Waals surface area contributed by atoms with Gasteiger partial charge < -0.3 is 24.4 Å². The smallest absolute Gasteiger partial charge is 0.227 e. The second-order valence-corrected chi connectivity index (χ2v) is 12.8. The van der Waals surface area contributed by atoms with Crippen LogP contribution in [0.1, 0.15) is 24.8 Å². The van der Waals surface area contributed by atoms with E-state index in [4.69, 9.17) is 24.2 Å². The van der Waals surface area contributed by atoms with E-state index in [9.17, 15) is 0 Å². The predicted molar refractivity (Wildman–Crippen MR) is 192 cm³/mol. The van der Waals surface area contributed by atoms with E-state index in [-0.39, 0.29) is 0 Å². The molecule has 0 radical (unpaired) electrons. The topological polar surface area (TPSA) is 89.3 Å². The van der Waals surface area contributed by atoms with Gasteiger partial charge in [0.25, 0.3) is 0 Å². The molecule has 0 aliphatic carbocycles. The molecular formula is C37H39N7O3S. The molecule has 0 amide bonds. The summed E-state index contributed by atoms with van der Waals surface area (Å²) in [4.78, 5) is 20.1. The molecule has 48 heavy (non-hydrogen) atoms. The van der Waals surface area contributed by atoms with Gasteiger partial charge in [0, 0.05) is 41.6 Å². The average molecular weight is 662 g/mol. The molecule has 1 unspecified atom stereocenters. The van der Waals surface area contributed by atoms with E-state index in [2.05, 4.69) is 50.7 Å². The zero-order valence-electron chi connectivity index (χ0n) is 27.6. The quantitative estimate of drug-likeness (QED) is 0.150. The molecule has 1 fully saturated rings. The lowest BCUT2D eigenvalue weighted by Gasteiger charge is -2.41. The van der Waals surface area contributed by atoms with E-state index in [0.717, 1.165) is 63.3 Å². The highest BCUT2D eigenvalue weighted by Gasteiger charge is 2.25. The number of methoxy groups -OCH3 is 2. The SMILES string of the molecule is COc1cc(N2CCCCC2N(C)C)ccc1Nc1nccc(-c2c(-c3ccc(OCc4ccccc4)c(OC)c3)nc3sccn23)n1. The number of fused-ring (bicyclic) bond motifs is 1. The second-order valence-electron chi connectivity index (χ2n) is 11.9. The van der Waals surface area contributed by atoms with Gasteiger partial charge in [0.05, 0.1) is 37.5 Å². The normalized spacial score (nSPS) is 14.8. The maximum atomic E-state index is 6.12. The molecule has 246 valence electrons. The van der Waals surface area contributed by atoms with Crippen molar-refractivity contribution < 1.29 is 14.2 Å². The van der Waals surface area contributed by atoms with Crippen LogP contribution in [0.5, 0.6) is 17.2 Å². The van der Waals surface area contributed by atoms with Crippen molar-refractivity contribution in [1.29, 1.82) is 0 Å². The highest BCUT2D eigenvalue weighted by molar-refractivity contribution is 7.15. The van der Waals surface area contributed by atoms with Crippen molar-refractivity contribution in [3.63, 3.8) is 0 Å². The van der Waals surface area contributed by atoms with E-state index in [1.807, 2.05) is 72.2 Å². The number of benzene rings is 3. The first-order valence-corrected chi connectivity index (χ1v) is 16.9. The Morgan fingerprint density at radius 2 is 1.77 bits per heavy atom. The number of hydrogen-bond acceptors (Lipinski definition) is 10. The number of nitrogens with zero attached hydrogens (tertiary/aromatic N) is 6. The van der Waals surface area contributed by atoms with Crippen LogP contribution in [0, 0.1) is 0 Å². The zero-order valence-corrected chi connectivity index (χ0v) is 28.4. The minimum absolute atomic E-state index is 0.360. The Bertz CT molecular complexity index is 2010. The number of imidazole rings is 1. The van der Waals surface area contributed by atoms with Crippen LogP contribution in [0.4, 0.5) is 17.3 Å². The Kier molecular flexibility index (Phi) is 9.13. The predicted octanol–water partition coefficient (Wildman–Crippen LogP) is 7.74. The van der Waals surface area contributed by atoms with Gasteiger partial charge >= 0.3 is 0 Å². The van der Waals surface area contributed by atoms with Crippen molar-refractivity contribution in [3.05, 3.63) is 96.1 Å². The summed E-state index contributed by atoms with van der Waals surface area (Å²) in [6, 6.07) is 24.2. The van der Waals surface area contributed by atoms with Crippen LogP contribution in [0.2, 0.25) is 0 Å². The lowest BCUT2D eigenvalue weighted by molar-refractivity contribution is 0.241. The largest absolute Gasteiger partial charge is 0.494 e. The lowest BCUT2D eigenvalue weighted by Crippen LogP contribution is -2.48. The molecular weight excluding hydrogens is 623 g/mol. The van der Waals surface area contributed by atoms with Gasteiger partial charge in [-0.2, -0.15) is 0 Å². The van der Waals surface area contributed by atoms with Gasteiger partial charge in [0.1, 0.15) is 18.1 Å². The second kappa shape index (κ2) is 13.9. The van der Waals surface area contributed by atoms with E-state index in [1.54, 1.807) is 31.8 Å². The van der Waals surface area contributed by atoms with Crippen molar-refractivity contribution in [2.45, 2.75) is 32.0 Å². The van der Waals surface area contributed by atoms with Gasteiger partial charge in [-0.25, -0.2) is 15.0 Å². The standard InChI is InChI=1S/C37H39N7O3S/c1-42(2)33-12-8-9-19-43(33)27-14-15-28(31(23-27)45-3)39-36-38-18-17-29(40-36)35-34(41-37-44(35)20-21-48-37)26-13-16-30(32(22-26)46-4)47-24-25-10-6-5-7-11-25/h5-7,10-11,13-18,20-23,33H,8-9,12,19,24H2,1-4H3,(H,38,39,40). The summed E-state index contributed by atoms with van der Waals surface area (Å²) in [5.41, 5.74) is 6.29. The first kappa shape index (κ1) is 31.5. The third-order valence-electron chi connectivity index (χ3n) is 8.66.